The third-order valence-corrected chi connectivity index (χ3v) is 2.08. The van der Waals surface area contributed by atoms with Gasteiger partial charge >= 0.3 is 0 Å². The number of ether oxygens (including phenoxy) is 1. The number of hydrogen-bond acceptors (Lipinski definition) is 3. The zero-order chi connectivity index (χ0) is 11.1. The standard InChI is InChI=1S/C12H18N2O/c1-4-8-15-12-7-6-11(9-13-5-2)10(3)14-12/h4,6-7,13H,1,5,8-9H2,2-3H3. The lowest BCUT2D eigenvalue weighted by atomic mass is 10.2. The van der Waals surface area contributed by atoms with E-state index in [1.807, 2.05) is 19.1 Å². The van der Waals surface area contributed by atoms with Crippen LogP contribution in [0.1, 0.15) is 18.2 Å². The maximum absolute atomic E-state index is 5.35. The minimum atomic E-state index is 0.499. The molecule has 0 unspecified atom stereocenters. The van der Waals surface area contributed by atoms with E-state index in [9.17, 15) is 0 Å². The summed E-state index contributed by atoms with van der Waals surface area (Å²) in [5.41, 5.74) is 2.22. The topological polar surface area (TPSA) is 34.1 Å². The van der Waals surface area contributed by atoms with Gasteiger partial charge in [-0.25, -0.2) is 4.98 Å². The van der Waals surface area contributed by atoms with E-state index < -0.39 is 0 Å². The van der Waals surface area contributed by atoms with Crippen LogP contribution in [0.5, 0.6) is 5.88 Å². The van der Waals surface area contributed by atoms with Crippen LogP contribution >= 0.6 is 0 Å². The van der Waals surface area contributed by atoms with Crippen molar-refractivity contribution < 1.29 is 4.74 Å². The summed E-state index contributed by atoms with van der Waals surface area (Å²) < 4.78 is 5.35. The summed E-state index contributed by atoms with van der Waals surface area (Å²) in [5, 5.41) is 3.27. The SMILES string of the molecule is C=CCOc1ccc(CNCC)c(C)n1. The van der Waals surface area contributed by atoms with Gasteiger partial charge in [0.05, 0.1) is 0 Å². The van der Waals surface area contributed by atoms with Crippen molar-refractivity contribution in [1.82, 2.24) is 10.3 Å². The van der Waals surface area contributed by atoms with Crippen LogP contribution in [0.3, 0.4) is 0 Å². The van der Waals surface area contributed by atoms with Gasteiger partial charge in [-0.2, -0.15) is 0 Å². The highest BCUT2D eigenvalue weighted by atomic mass is 16.5. The first-order valence-electron chi connectivity index (χ1n) is 5.18. The van der Waals surface area contributed by atoms with Crippen LogP contribution in [0.15, 0.2) is 24.8 Å². The fourth-order valence-corrected chi connectivity index (χ4v) is 1.24. The van der Waals surface area contributed by atoms with Crippen molar-refractivity contribution in [3.8, 4) is 5.88 Å². The van der Waals surface area contributed by atoms with Crippen LogP contribution in [0.4, 0.5) is 0 Å². The highest BCUT2D eigenvalue weighted by molar-refractivity contribution is 5.24. The minimum Gasteiger partial charge on any atom is -0.473 e. The molecule has 1 aromatic heterocycles. The molecule has 1 rings (SSSR count). The molecule has 1 heterocycles. The molecule has 0 amide bonds. The number of pyridine rings is 1. The van der Waals surface area contributed by atoms with Gasteiger partial charge in [-0.3, -0.25) is 0 Å². The molecule has 0 aromatic carbocycles. The molecule has 1 N–H and O–H groups in total. The van der Waals surface area contributed by atoms with E-state index >= 15 is 0 Å². The molecule has 0 fully saturated rings. The Morgan fingerprint density at radius 2 is 2.33 bits per heavy atom. The zero-order valence-corrected chi connectivity index (χ0v) is 9.42. The third-order valence-electron chi connectivity index (χ3n) is 2.08. The maximum Gasteiger partial charge on any atom is 0.213 e. The molecule has 0 saturated carbocycles. The number of nitrogens with one attached hydrogen (secondary N) is 1. The molecule has 0 aliphatic heterocycles. The van der Waals surface area contributed by atoms with Gasteiger partial charge in [0.25, 0.3) is 0 Å². The van der Waals surface area contributed by atoms with Crippen LogP contribution in [-0.4, -0.2) is 18.1 Å². The monoisotopic (exact) mass is 206 g/mol. The molecule has 0 bridgehead atoms. The van der Waals surface area contributed by atoms with Gasteiger partial charge in [0.15, 0.2) is 0 Å². The number of rotatable bonds is 6. The molecular formula is C12H18N2O. The van der Waals surface area contributed by atoms with Crippen molar-refractivity contribution in [3.63, 3.8) is 0 Å². The summed E-state index contributed by atoms with van der Waals surface area (Å²) in [6, 6.07) is 3.94. The lowest BCUT2D eigenvalue weighted by Gasteiger charge is -2.08. The van der Waals surface area contributed by atoms with E-state index in [0.29, 0.717) is 12.5 Å². The minimum absolute atomic E-state index is 0.499. The summed E-state index contributed by atoms with van der Waals surface area (Å²) in [7, 11) is 0. The predicted molar refractivity (Wildman–Crippen MR) is 62.0 cm³/mol. The van der Waals surface area contributed by atoms with Gasteiger partial charge < -0.3 is 10.1 Å². The second kappa shape index (κ2) is 6.19. The fourth-order valence-electron chi connectivity index (χ4n) is 1.24. The fraction of sp³-hybridized carbons (Fsp3) is 0.417. The Balaban J connectivity index is 2.65. The Bertz CT molecular complexity index is 323. The molecule has 0 atom stereocenters. The third kappa shape index (κ3) is 3.72. The van der Waals surface area contributed by atoms with Gasteiger partial charge in [-0.15, -0.1) is 0 Å². The van der Waals surface area contributed by atoms with E-state index in [0.717, 1.165) is 18.8 Å². The average Bonchev–Trinajstić information content (AvgIpc) is 2.25. The Hall–Kier alpha value is -1.35. The van der Waals surface area contributed by atoms with E-state index in [-0.39, 0.29) is 0 Å². The van der Waals surface area contributed by atoms with E-state index in [2.05, 4.69) is 23.8 Å². The summed E-state index contributed by atoms with van der Waals surface area (Å²) in [4.78, 5) is 4.35. The molecular weight excluding hydrogens is 188 g/mol. The van der Waals surface area contributed by atoms with Crippen LogP contribution in [0.2, 0.25) is 0 Å². The van der Waals surface area contributed by atoms with Crippen LogP contribution in [-0.2, 0) is 6.54 Å². The molecule has 0 saturated heterocycles. The quantitative estimate of drug-likeness (QED) is 0.723. The summed E-state index contributed by atoms with van der Waals surface area (Å²) in [5.74, 6) is 0.660. The largest absolute Gasteiger partial charge is 0.473 e. The number of nitrogens with zero attached hydrogens (tertiary/aromatic N) is 1. The second-order valence-corrected chi connectivity index (χ2v) is 3.27. The molecule has 0 aliphatic carbocycles. The Morgan fingerprint density at radius 1 is 1.53 bits per heavy atom. The molecule has 82 valence electrons. The Morgan fingerprint density at radius 3 is 2.93 bits per heavy atom. The normalized spacial score (nSPS) is 10.0. The van der Waals surface area contributed by atoms with Crippen molar-refractivity contribution in [3.05, 3.63) is 36.0 Å². The highest BCUT2D eigenvalue weighted by Gasteiger charge is 2.01. The van der Waals surface area contributed by atoms with Crippen molar-refractivity contribution in [2.24, 2.45) is 0 Å². The molecule has 1 aromatic rings. The maximum atomic E-state index is 5.35. The van der Waals surface area contributed by atoms with Gasteiger partial charge in [-0.1, -0.05) is 25.6 Å². The van der Waals surface area contributed by atoms with Crippen molar-refractivity contribution in [2.45, 2.75) is 20.4 Å². The lowest BCUT2D eigenvalue weighted by molar-refractivity contribution is 0.347. The number of hydrogen-bond donors (Lipinski definition) is 1. The lowest BCUT2D eigenvalue weighted by Crippen LogP contribution is -2.13. The summed E-state index contributed by atoms with van der Waals surface area (Å²) >= 11 is 0. The number of aromatic nitrogens is 1. The summed E-state index contributed by atoms with van der Waals surface area (Å²) in [6.07, 6.45) is 1.71. The van der Waals surface area contributed by atoms with Crippen LogP contribution in [0, 0.1) is 6.92 Å². The van der Waals surface area contributed by atoms with Gasteiger partial charge in [0.1, 0.15) is 6.61 Å². The predicted octanol–water partition coefficient (Wildman–Crippen LogP) is 2.06. The van der Waals surface area contributed by atoms with Gasteiger partial charge in [-0.05, 0) is 19.0 Å². The van der Waals surface area contributed by atoms with Gasteiger partial charge in [0, 0.05) is 18.3 Å². The van der Waals surface area contributed by atoms with Crippen LogP contribution < -0.4 is 10.1 Å². The first kappa shape index (κ1) is 11.7. The summed E-state index contributed by atoms with van der Waals surface area (Å²) in [6.45, 7) is 10.00. The van der Waals surface area contributed by atoms with Crippen LogP contribution in [0.25, 0.3) is 0 Å². The second-order valence-electron chi connectivity index (χ2n) is 3.27. The van der Waals surface area contributed by atoms with E-state index in [4.69, 9.17) is 4.74 Å². The van der Waals surface area contributed by atoms with E-state index in [1.54, 1.807) is 6.08 Å². The first-order chi connectivity index (χ1) is 7.27. The molecule has 15 heavy (non-hydrogen) atoms. The van der Waals surface area contributed by atoms with Crippen molar-refractivity contribution in [2.75, 3.05) is 13.2 Å². The molecule has 0 radical (unpaired) electrons. The molecule has 0 spiro atoms. The van der Waals surface area contributed by atoms with Crippen molar-refractivity contribution >= 4 is 0 Å². The van der Waals surface area contributed by atoms with Gasteiger partial charge in [0.2, 0.25) is 5.88 Å². The average molecular weight is 206 g/mol. The molecule has 3 heteroatoms. The first-order valence-corrected chi connectivity index (χ1v) is 5.18. The number of aryl methyl sites for hydroxylation is 1. The van der Waals surface area contributed by atoms with Crippen molar-refractivity contribution in [1.29, 1.82) is 0 Å². The molecule has 3 nitrogen and oxygen atoms in total. The smallest absolute Gasteiger partial charge is 0.213 e. The highest BCUT2D eigenvalue weighted by Crippen LogP contribution is 2.12. The Labute approximate surface area is 91.2 Å². The Kier molecular flexibility index (Phi) is 4.84. The van der Waals surface area contributed by atoms with E-state index in [1.165, 1.54) is 5.56 Å². The zero-order valence-electron chi connectivity index (χ0n) is 9.42. The molecule has 0 aliphatic rings.